The predicted molar refractivity (Wildman–Crippen MR) is 132 cm³/mol. The van der Waals surface area contributed by atoms with Crippen molar-refractivity contribution >= 4 is 16.7 Å². The Bertz CT molecular complexity index is 1550. The molecule has 0 saturated heterocycles. The number of rotatable bonds is 4. The first-order chi connectivity index (χ1) is 16.1. The van der Waals surface area contributed by atoms with Gasteiger partial charge in [-0.05, 0) is 46.4 Å². The van der Waals surface area contributed by atoms with E-state index in [4.69, 9.17) is 0 Å². The number of ketones is 1. The molecule has 0 aliphatic heterocycles. The lowest BCUT2D eigenvalue weighted by Crippen LogP contribution is -1.97. The number of halogens is 1. The Morgan fingerprint density at radius 1 is 0.848 bits per heavy atom. The standard InChI is InChI=1S/C30H22FNO/c1-18(33)14-19-10-11-25-23(15-19)17-27-26-13-12-24(28(31)30(26)32-29(25)27)22-9-5-8-21(16-22)20-6-3-2-4-7-20/h2-13,15-16,32H,14,17H2,1H3. The van der Waals surface area contributed by atoms with Crippen LogP contribution in [0.25, 0.3) is 44.4 Å². The molecule has 0 fully saturated rings. The zero-order valence-electron chi connectivity index (χ0n) is 18.3. The van der Waals surface area contributed by atoms with Crippen LogP contribution < -0.4 is 0 Å². The van der Waals surface area contributed by atoms with Crippen LogP contribution in [-0.2, 0) is 17.6 Å². The van der Waals surface area contributed by atoms with Crippen LogP contribution in [0.3, 0.4) is 0 Å². The zero-order chi connectivity index (χ0) is 22.5. The minimum absolute atomic E-state index is 0.155. The molecule has 3 heteroatoms. The van der Waals surface area contributed by atoms with Gasteiger partial charge in [-0.25, -0.2) is 4.39 Å². The molecule has 0 spiro atoms. The first kappa shape index (κ1) is 19.7. The van der Waals surface area contributed by atoms with Crippen molar-refractivity contribution in [2.75, 3.05) is 0 Å². The van der Waals surface area contributed by atoms with Crippen molar-refractivity contribution in [3.63, 3.8) is 0 Å². The Balaban J connectivity index is 1.43. The van der Waals surface area contributed by atoms with E-state index in [-0.39, 0.29) is 11.6 Å². The van der Waals surface area contributed by atoms with E-state index in [0.29, 0.717) is 17.5 Å². The van der Waals surface area contributed by atoms with Crippen LogP contribution in [0.15, 0.2) is 84.9 Å². The van der Waals surface area contributed by atoms with Gasteiger partial charge in [0.05, 0.1) is 11.2 Å². The summed E-state index contributed by atoms with van der Waals surface area (Å²) in [4.78, 5) is 14.9. The molecule has 1 aliphatic rings. The normalized spacial score (nSPS) is 12.1. The summed E-state index contributed by atoms with van der Waals surface area (Å²) in [5, 5.41) is 0.926. The van der Waals surface area contributed by atoms with Gasteiger partial charge in [0.1, 0.15) is 5.78 Å². The van der Waals surface area contributed by atoms with E-state index in [1.54, 1.807) is 6.92 Å². The second kappa shape index (κ2) is 7.56. The lowest BCUT2D eigenvalue weighted by Gasteiger charge is -2.09. The van der Waals surface area contributed by atoms with E-state index >= 15 is 4.39 Å². The molecule has 0 bridgehead atoms. The van der Waals surface area contributed by atoms with Gasteiger partial charge in [0.2, 0.25) is 0 Å². The number of hydrogen-bond donors (Lipinski definition) is 1. The summed E-state index contributed by atoms with van der Waals surface area (Å²) in [7, 11) is 0. The summed E-state index contributed by atoms with van der Waals surface area (Å²) in [6.07, 6.45) is 1.20. The van der Waals surface area contributed by atoms with Crippen LogP contribution in [0.4, 0.5) is 4.39 Å². The number of aromatic amines is 1. The molecule has 6 rings (SSSR count). The van der Waals surface area contributed by atoms with E-state index in [1.165, 1.54) is 5.56 Å². The number of carbonyl (C=O) groups excluding carboxylic acids is 1. The summed E-state index contributed by atoms with van der Waals surface area (Å²) >= 11 is 0. The number of fused-ring (bicyclic) bond motifs is 5. The molecule has 0 unspecified atom stereocenters. The fourth-order valence-electron chi connectivity index (χ4n) is 5.04. The van der Waals surface area contributed by atoms with Crippen molar-refractivity contribution < 1.29 is 9.18 Å². The monoisotopic (exact) mass is 431 g/mol. The van der Waals surface area contributed by atoms with Gasteiger partial charge in [-0.1, -0.05) is 78.9 Å². The summed E-state index contributed by atoms with van der Waals surface area (Å²) in [5.41, 5.74) is 9.63. The van der Waals surface area contributed by atoms with Crippen molar-refractivity contribution in [1.29, 1.82) is 0 Å². The molecule has 5 aromatic rings. The second-order valence-corrected chi connectivity index (χ2v) is 8.82. The van der Waals surface area contributed by atoms with Crippen molar-refractivity contribution in [2.45, 2.75) is 19.8 Å². The number of H-pyrrole nitrogens is 1. The fraction of sp³-hybridized carbons (Fsp3) is 0.100. The van der Waals surface area contributed by atoms with Gasteiger partial charge in [0.15, 0.2) is 5.82 Å². The molecule has 1 N–H and O–H groups in total. The van der Waals surface area contributed by atoms with Crippen LogP contribution in [-0.4, -0.2) is 10.8 Å². The maximum Gasteiger partial charge on any atom is 0.155 e. The van der Waals surface area contributed by atoms with E-state index < -0.39 is 0 Å². The lowest BCUT2D eigenvalue weighted by atomic mass is 9.97. The third-order valence-electron chi connectivity index (χ3n) is 6.56. The summed E-state index contributed by atoms with van der Waals surface area (Å²) in [6, 6.07) is 28.2. The predicted octanol–water partition coefficient (Wildman–Crippen LogP) is 7.34. The third kappa shape index (κ3) is 3.28. The zero-order valence-corrected chi connectivity index (χ0v) is 18.3. The molecule has 33 heavy (non-hydrogen) atoms. The van der Waals surface area contributed by atoms with Gasteiger partial charge in [-0.2, -0.15) is 0 Å². The number of Topliss-reactive ketones (excluding diaryl/α,β-unsaturated/α-hetero) is 1. The number of carbonyl (C=O) groups is 1. The molecule has 2 nitrogen and oxygen atoms in total. The topological polar surface area (TPSA) is 32.9 Å². The van der Waals surface area contributed by atoms with Crippen molar-refractivity contribution in [3.8, 4) is 33.5 Å². The maximum absolute atomic E-state index is 15.8. The van der Waals surface area contributed by atoms with Crippen LogP contribution in [0.2, 0.25) is 0 Å². The highest BCUT2D eigenvalue weighted by molar-refractivity contribution is 5.97. The molecule has 160 valence electrons. The van der Waals surface area contributed by atoms with Gasteiger partial charge in [-0.3, -0.25) is 4.79 Å². The smallest absolute Gasteiger partial charge is 0.155 e. The van der Waals surface area contributed by atoms with E-state index in [0.717, 1.165) is 50.9 Å². The molecule has 0 atom stereocenters. The SMILES string of the molecule is CC(=O)Cc1ccc2c(c1)Cc1c-2[nH]c2c(F)c(-c3cccc(-c4ccccc4)c3)ccc12. The van der Waals surface area contributed by atoms with Crippen LogP contribution >= 0.6 is 0 Å². The van der Waals surface area contributed by atoms with Crippen LogP contribution in [0, 0.1) is 5.82 Å². The minimum Gasteiger partial charge on any atom is -0.352 e. The molecular formula is C30H22FNO. The van der Waals surface area contributed by atoms with Gasteiger partial charge in [-0.15, -0.1) is 0 Å². The Hall–Kier alpha value is -3.98. The largest absolute Gasteiger partial charge is 0.352 e. The molecule has 0 saturated carbocycles. The lowest BCUT2D eigenvalue weighted by molar-refractivity contribution is -0.116. The number of benzene rings is 4. The van der Waals surface area contributed by atoms with E-state index in [2.05, 4.69) is 35.3 Å². The maximum atomic E-state index is 15.8. The van der Waals surface area contributed by atoms with Crippen molar-refractivity contribution in [2.24, 2.45) is 0 Å². The van der Waals surface area contributed by atoms with Crippen LogP contribution in [0.1, 0.15) is 23.6 Å². The molecule has 1 heterocycles. The van der Waals surface area contributed by atoms with Gasteiger partial charge < -0.3 is 4.98 Å². The molecule has 4 aromatic carbocycles. The molecule has 0 radical (unpaired) electrons. The summed E-state index contributed by atoms with van der Waals surface area (Å²) in [6.45, 7) is 1.61. The van der Waals surface area contributed by atoms with Crippen molar-refractivity contribution in [1.82, 2.24) is 4.98 Å². The first-order valence-corrected chi connectivity index (χ1v) is 11.2. The average molecular weight is 432 g/mol. The Morgan fingerprint density at radius 3 is 2.42 bits per heavy atom. The average Bonchev–Trinajstić information content (AvgIpc) is 3.36. The van der Waals surface area contributed by atoms with E-state index in [9.17, 15) is 4.79 Å². The number of hydrogen-bond acceptors (Lipinski definition) is 1. The summed E-state index contributed by atoms with van der Waals surface area (Å²) < 4.78 is 15.8. The highest BCUT2D eigenvalue weighted by Crippen LogP contribution is 2.43. The molecule has 1 aromatic heterocycles. The Kier molecular flexibility index (Phi) is 4.51. The van der Waals surface area contributed by atoms with Gasteiger partial charge in [0, 0.05) is 29.4 Å². The highest BCUT2D eigenvalue weighted by atomic mass is 19.1. The first-order valence-electron chi connectivity index (χ1n) is 11.2. The highest BCUT2D eigenvalue weighted by Gasteiger charge is 2.25. The number of aromatic nitrogens is 1. The summed E-state index contributed by atoms with van der Waals surface area (Å²) in [5.74, 6) is -0.0651. The Morgan fingerprint density at radius 2 is 1.61 bits per heavy atom. The second-order valence-electron chi connectivity index (χ2n) is 8.82. The Labute approximate surface area is 191 Å². The quantitative estimate of drug-likeness (QED) is 0.311. The van der Waals surface area contributed by atoms with Gasteiger partial charge >= 0.3 is 0 Å². The molecule has 0 amide bonds. The fourth-order valence-corrected chi connectivity index (χ4v) is 5.04. The molecular weight excluding hydrogens is 409 g/mol. The van der Waals surface area contributed by atoms with Gasteiger partial charge in [0.25, 0.3) is 0 Å². The van der Waals surface area contributed by atoms with E-state index in [1.807, 2.05) is 54.6 Å². The molecule has 1 aliphatic carbocycles. The third-order valence-corrected chi connectivity index (χ3v) is 6.56. The minimum atomic E-state index is -0.220. The van der Waals surface area contributed by atoms with Crippen molar-refractivity contribution in [3.05, 3.63) is 107 Å². The van der Waals surface area contributed by atoms with Crippen LogP contribution in [0.5, 0.6) is 0 Å². The number of nitrogens with one attached hydrogen (secondary N) is 1.